The van der Waals surface area contributed by atoms with Crippen molar-refractivity contribution in [3.63, 3.8) is 0 Å². The second-order valence-corrected chi connectivity index (χ2v) is 5.93. The van der Waals surface area contributed by atoms with Gasteiger partial charge in [0.25, 0.3) is 0 Å². The number of ether oxygens (including phenoxy) is 2. The van der Waals surface area contributed by atoms with Gasteiger partial charge in [-0.3, -0.25) is 0 Å². The Balaban J connectivity index is 2.12. The monoisotopic (exact) mass is 346 g/mol. The largest absolute Gasteiger partial charge is 0.493 e. The molecule has 3 nitrogen and oxygen atoms in total. The minimum absolute atomic E-state index is 0.304. The highest BCUT2D eigenvalue weighted by molar-refractivity contribution is 6.31. The summed E-state index contributed by atoms with van der Waals surface area (Å²) in [5.74, 6) is 1.04. The molecule has 0 fully saturated rings. The molecule has 0 aliphatic carbocycles. The number of pyridine rings is 1. The van der Waals surface area contributed by atoms with E-state index in [4.69, 9.17) is 21.1 Å². The Morgan fingerprint density at radius 1 is 1.08 bits per heavy atom. The van der Waals surface area contributed by atoms with Crippen molar-refractivity contribution < 1.29 is 18.4 Å². The van der Waals surface area contributed by atoms with Crippen LogP contribution < -0.4 is 14.0 Å². The number of benzene rings is 2. The Hall–Kier alpha value is -2.33. The quantitative estimate of drug-likeness (QED) is 0.657. The van der Waals surface area contributed by atoms with Gasteiger partial charge in [0.2, 0.25) is 0 Å². The number of aryl methyl sites for hydroxylation is 1. The molecule has 0 aliphatic rings. The fourth-order valence-electron chi connectivity index (χ4n) is 2.81. The summed E-state index contributed by atoms with van der Waals surface area (Å²) in [7, 11) is 3.22. The molecule has 1 aromatic heterocycles. The number of nitrogens with zero attached hydrogens (tertiary/aromatic N) is 1. The van der Waals surface area contributed by atoms with Gasteiger partial charge in [0.1, 0.15) is 5.82 Å². The van der Waals surface area contributed by atoms with Gasteiger partial charge in [-0.25, -0.2) is 4.39 Å². The molecule has 5 heteroatoms. The van der Waals surface area contributed by atoms with Gasteiger partial charge in [0.05, 0.1) is 30.2 Å². The normalized spacial score (nSPS) is 10.9. The molecule has 0 saturated heterocycles. The zero-order chi connectivity index (χ0) is 17.3. The van der Waals surface area contributed by atoms with E-state index in [1.165, 1.54) is 6.07 Å². The van der Waals surface area contributed by atoms with E-state index in [0.717, 1.165) is 16.5 Å². The average molecular weight is 347 g/mol. The summed E-state index contributed by atoms with van der Waals surface area (Å²) >= 11 is 6.15. The molecule has 0 bridgehead atoms. The van der Waals surface area contributed by atoms with Crippen molar-refractivity contribution in [2.45, 2.75) is 13.5 Å². The van der Waals surface area contributed by atoms with Crippen LogP contribution in [0.2, 0.25) is 5.02 Å². The Kier molecular flexibility index (Phi) is 4.58. The third-order valence-corrected chi connectivity index (χ3v) is 4.55. The first-order chi connectivity index (χ1) is 11.5. The van der Waals surface area contributed by atoms with Crippen LogP contribution in [0.3, 0.4) is 0 Å². The van der Waals surface area contributed by atoms with Gasteiger partial charge in [-0.05, 0) is 29.7 Å². The third kappa shape index (κ3) is 2.89. The van der Waals surface area contributed by atoms with Gasteiger partial charge in [0, 0.05) is 13.0 Å². The highest BCUT2D eigenvalue weighted by Crippen LogP contribution is 2.32. The molecule has 0 atom stereocenters. The molecule has 0 amide bonds. The first kappa shape index (κ1) is 16.5. The Bertz CT molecular complexity index is 891. The fourth-order valence-corrected chi connectivity index (χ4v) is 3.03. The van der Waals surface area contributed by atoms with Crippen LogP contribution in [0.4, 0.5) is 4.39 Å². The van der Waals surface area contributed by atoms with E-state index < -0.39 is 0 Å². The van der Waals surface area contributed by atoms with Crippen LogP contribution in [0.15, 0.2) is 42.6 Å². The van der Waals surface area contributed by atoms with E-state index >= 15 is 0 Å². The van der Waals surface area contributed by atoms with Gasteiger partial charge >= 0.3 is 0 Å². The first-order valence-electron chi connectivity index (χ1n) is 7.53. The maximum absolute atomic E-state index is 14.1. The minimum Gasteiger partial charge on any atom is -0.493 e. The molecule has 0 saturated carbocycles. The SMILES string of the molecule is COc1cc2cc[n+](Cc3c(F)cccc3Cl)c(C)c2cc1OC. The standard InChI is InChI=1S/C19H18ClFNO2/c1-12-14-10-19(24-3)18(23-2)9-13(14)7-8-22(12)11-15-16(20)5-4-6-17(15)21/h4-10H,11H2,1-3H3/q+1. The van der Waals surface area contributed by atoms with Crippen molar-refractivity contribution in [3.05, 3.63) is 64.7 Å². The van der Waals surface area contributed by atoms with Crippen molar-refractivity contribution in [2.75, 3.05) is 14.2 Å². The molecule has 3 aromatic rings. The third-order valence-electron chi connectivity index (χ3n) is 4.20. The second-order valence-electron chi connectivity index (χ2n) is 5.52. The van der Waals surface area contributed by atoms with Gasteiger partial charge in [-0.2, -0.15) is 4.57 Å². The fraction of sp³-hybridized carbons (Fsp3) is 0.211. The second kappa shape index (κ2) is 6.65. The lowest BCUT2D eigenvalue weighted by Crippen LogP contribution is -2.37. The molecule has 124 valence electrons. The van der Waals surface area contributed by atoms with Crippen LogP contribution in [0, 0.1) is 12.7 Å². The van der Waals surface area contributed by atoms with Crippen LogP contribution in [0.5, 0.6) is 11.5 Å². The molecular weight excluding hydrogens is 329 g/mol. The molecule has 3 rings (SSSR count). The Labute approximate surface area is 145 Å². The summed E-state index contributed by atoms with van der Waals surface area (Å²) in [4.78, 5) is 0. The molecule has 2 aromatic carbocycles. The summed E-state index contributed by atoms with van der Waals surface area (Å²) in [6.45, 7) is 2.35. The van der Waals surface area contributed by atoms with E-state index in [2.05, 4.69) is 0 Å². The molecule has 0 unspecified atom stereocenters. The van der Waals surface area contributed by atoms with Crippen LogP contribution in [-0.2, 0) is 6.54 Å². The lowest BCUT2D eigenvalue weighted by atomic mass is 10.1. The Morgan fingerprint density at radius 3 is 2.46 bits per heavy atom. The van der Waals surface area contributed by atoms with Crippen LogP contribution >= 0.6 is 11.6 Å². The summed E-state index contributed by atoms with van der Waals surface area (Å²) in [6, 6.07) is 10.6. The molecular formula is C19H18ClFNO2+. The molecule has 1 heterocycles. The van der Waals surface area contributed by atoms with Crippen molar-refractivity contribution in [2.24, 2.45) is 0 Å². The molecule has 0 N–H and O–H groups in total. The molecule has 24 heavy (non-hydrogen) atoms. The van der Waals surface area contributed by atoms with Crippen molar-refractivity contribution in [1.82, 2.24) is 0 Å². The molecule has 0 radical (unpaired) electrons. The zero-order valence-electron chi connectivity index (χ0n) is 13.8. The highest BCUT2D eigenvalue weighted by atomic mass is 35.5. The lowest BCUT2D eigenvalue weighted by Gasteiger charge is -2.11. The molecule has 0 spiro atoms. The van der Waals surface area contributed by atoms with Crippen molar-refractivity contribution >= 4 is 22.4 Å². The topological polar surface area (TPSA) is 22.3 Å². The van der Waals surface area contributed by atoms with E-state index in [1.807, 2.05) is 35.9 Å². The van der Waals surface area contributed by atoms with Gasteiger partial charge in [-0.15, -0.1) is 0 Å². The smallest absolute Gasteiger partial charge is 0.186 e. The van der Waals surface area contributed by atoms with E-state index in [9.17, 15) is 4.39 Å². The lowest BCUT2D eigenvalue weighted by molar-refractivity contribution is -0.693. The maximum atomic E-state index is 14.1. The van der Waals surface area contributed by atoms with Gasteiger partial charge in [-0.1, -0.05) is 17.7 Å². The number of halogens is 2. The van der Waals surface area contributed by atoms with Gasteiger partial charge in [0.15, 0.2) is 29.9 Å². The van der Waals surface area contributed by atoms with E-state index in [1.54, 1.807) is 26.4 Å². The van der Waals surface area contributed by atoms with E-state index in [0.29, 0.717) is 28.6 Å². The summed E-state index contributed by atoms with van der Waals surface area (Å²) in [6.07, 6.45) is 1.92. The van der Waals surface area contributed by atoms with Crippen LogP contribution in [0.25, 0.3) is 10.8 Å². The van der Waals surface area contributed by atoms with Gasteiger partial charge < -0.3 is 9.47 Å². The number of rotatable bonds is 4. The number of fused-ring (bicyclic) bond motifs is 1. The summed E-state index contributed by atoms with van der Waals surface area (Å²) in [5, 5.41) is 2.47. The first-order valence-corrected chi connectivity index (χ1v) is 7.90. The molecule has 0 aliphatic heterocycles. The zero-order valence-corrected chi connectivity index (χ0v) is 14.5. The van der Waals surface area contributed by atoms with Crippen LogP contribution in [0.1, 0.15) is 11.3 Å². The number of hydrogen-bond acceptors (Lipinski definition) is 2. The predicted molar refractivity (Wildman–Crippen MR) is 92.5 cm³/mol. The average Bonchev–Trinajstić information content (AvgIpc) is 2.59. The highest BCUT2D eigenvalue weighted by Gasteiger charge is 2.18. The number of aromatic nitrogens is 1. The van der Waals surface area contributed by atoms with Crippen LogP contribution in [-0.4, -0.2) is 14.2 Å². The Morgan fingerprint density at radius 2 is 1.79 bits per heavy atom. The van der Waals surface area contributed by atoms with E-state index in [-0.39, 0.29) is 5.82 Å². The van der Waals surface area contributed by atoms with Crippen molar-refractivity contribution in [1.29, 1.82) is 0 Å². The number of methoxy groups -OCH3 is 2. The number of hydrogen-bond donors (Lipinski definition) is 0. The minimum atomic E-state index is -0.304. The maximum Gasteiger partial charge on any atom is 0.186 e. The predicted octanol–water partition coefficient (Wildman–Crippen LogP) is 4.29. The summed E-state index contributed by atoms with van der Waals surface area (Å²) < 4.78 is 26.8. The summed E-state index contributed by atoms with van der Waals surface area (Å²) in [5.41, 5.74) is 1.47. The van der Waals surface area contributed by atoms with Crippen molar-refractivity contribution in [3.8, 4) is 11.5 Å².